The zero-order valence-corrected chi connectivity index (χ0v) is 8.96. The molecule has 0 radical (unpaired) electrons. The maximum absolute atomic E-state index is 3.54. The predicted octanol–water partition coefficient (Wildman–Crippen LogP) is 2.66. The molecule has 0 saturated carbocycles. The Labute approximate surface area is 80.7 Å². The van der Waals surface area contributed by atoms with Crippen molar-refractivity contribution in [2.75, 3.05) is 18.1 Å². The minimum absolute atomic E-state index is 0.854. The lowest BCUT2D eigenvalue weighted by Crippen LogP contribution is -2.20. The van der Waals surface area contributed by atoms with Crippen LogP contribution in [0.25, 0.3) is 0 Å². The summed E-state index contributed by atoms with van der Waals surface area (Å²) in [6.07, 6.45) is 6.94. The van der Waals surface area contributed by atoms with Gasteiger partial charge < -0.3 is 5.32 Å². The van der Waals surface area contributed by atoms with Gasteiger partial charge in [-0.05, 0) is 50.2 Å². The maximum Gasteiger partial charge on any atom is 0.00678 e. The zero-order chi connectivity index (χ0) is 8.65. The third kappa shape index (κ3) is 4.36. The molecule has 1 atom stereocenters. The van der Waals surface area contributed by atoms with Crippen molar-refractivity contribution in [2.45, 2.75) is 45.1 Å². The largest absolute Gasteiger partial charge is 0.314 e. The SMILES string of the molecule is CCCSCCCC1CCCN1. The smallest absolute Gasteiger partial charge is 0.00678 e. The highest BCUT2D eigenvalue weighted by molar-refractivity contribution is 7.99. The summed E-state index contributed by atoms with van der Waals surface area (Å²) < 4.78 is 0. The molecule has 1 N–H and O–H groups in total. The normalized spacial score (nSPS) is 23.2. The molecule has 0 spiro atoms. The van der Waals surface area contributed by atoms with Gasteiger partial charge in [0.25, 0.3) is 0 Å². The quantitative estimate of drug-likeness (QED) is 0.642. The minimum Gasteiger partial charge on any atom is -0.314 e. The van der Waals surface area contributed by atoms with Gasteiger partial charge in [-0.2, -0.15) is 11.8 Å². The Balaban J connectivity index is 1.81. The summed E-state index contributed by atoms with van der Waals surface area (Å²) in [7, 11) is 0. The summed E-state index contributed by atoms with van der Waals surface area (Å²) in [6, 6.07) is 0.854. The highest BCUT2D eigenvalue weighted by Gasteiger charge is 2.12. The fraction of sp³-hybridized carbons (Fsp3) is 1.00. The van der Waals surface area contributed by atoms with Crippen molar-refractivity contribution in [1.82, 2.24) is 5.32 Å². The topological polar surface area (TPSA) is 12.0 Å². The predicted molar refractivity (Wildman–Crippen MR) is 57.9 cm³/mol. The van der Waals surface area contributed by atoms with Gasteiger partial charge in [0.1, 0.15) is 0 Å². The first kappa shape index (κ1) is 10.4. The highest BCUT2D eigenvalue weighted by atomic mass is 32.2. The molecule has 1 aliphatic heterocycles. The zero-order valence-electron chi connectivity index (χ0n) is 8.14. The van der Waals surface area contributed by atoms with E-state index in [1.165, 1.54) is 50.2 Å². The van der Waals surface area contributed by atoms with Gasteiger partial charge in [-0.15, -0.1) is 0 Å². The average molecular weight is 187 g/mol. The number of rotatable bonds is 6. The van der Waals surface area contributed by atoms with E-state index in [-0.39, 0.29) is 0 Å². The van der Waals surface area contributed by atoms with Crippen LogP contribution in [0.1, 0.15) is 39.0 Å². The van der Waals surface area contributed by atoms with Gasteiger partial charge in [0.05, 0.1) is 0 Å². The van der Waals surface area contributed by atoms with E-state index in [9.17, 15) is 0 Å². The van der Waals surface area contributed by atoms with Crippen molar-refractivity contribution in [2.24, 2.45) is 0 Å². The Bertz CT molecular complexity index is 100. The molecule has 1 heterocycles. The molecule has 2 heteroatoms. The van der Waals surface area contributed by atoms with Crippen molar-refractivity contribution in [1.29, 1.82) is 0 Å². The number of thioether (sulfide) groups is 1. The second-order valence-electron chi connectivity index (χ2n) is 3.55. The van der Waals surface area contributed by atoms with Gasteiger partial charge in [0.2, 0.25) is 0 Å². The Kier molecular flexibility index (Phi) is 5.88. The van der Waals surface area contributed by atoms with Crippen LogP contribution in [0.5, 0.6) is 0 Å². The van der Waals surface area contributed by atoms with E-state index in [0.717, 1.165) is 6.04 Å². The van der Waals surface area contributed by atoms with Gasteiger partial charge in [-0.25, -0.2) is 0 Å². The molecule has 0 amide bonds. The number of nitrogens with one attached hydrogen (secondary N) is 1. The van der Waals surface area contributed by atoms with E-state index in [1.807, 2.05) is 0 Å². The van der Waals surface area contributed by atoms with Crippen molar-refractivity contribution in [3.8, 4) is 0 Å². The second-order valence-corrected chi connectivity index (χ2v) is 4.77. The molecular weight excluding hydrogens is 166 g/mol. The first-order valence-corrected chi connectivity index (χ1v) is 6.40. The first-order valence-electron chi connectivity index (χ1n) is 5.24. The van der Waals surface area contributed by atoms with Crippen molar-refractivity contribution in [3.63, 3.8) is 0 Å². The van der Waals surface area contributed by atoms with Crippen LogP contribution in [0.15, 0.2) is 0 Å². The van der Waals surface area contributed by atoms with Crippen LogP contribution in [0.3, 0.4) is 0 Å². The van der Waals surface area contributed by atoms with E-state index < -0.39 is 0 Å². The third-order valence-corrected chi connectivity index (χ3v) is 3.63. The van der Waals surface area contributed by atoms with E-state index >= 15 is 0 Å². The van der Waals surface area contributed by atoms with Gasteiger partial charge >= 0.3 is 0 Å². The van der Waals surface area contributed by atoms with Crippen LogP contribution in [0.2, 0.25) is 0 Å². The Morgan fingerprint density at radius 1 is 1.42 bits per heavy atom. The van der Waals surface area contributed by atoms with Crippen LogP contribution in [0, 0.1) is 0 Å². The summed E-state index contributed by atoms with van der Waals surface area (Å²) >= 11 is 2.11. The standard InChI is InChI=1S/C10H21NS/c1-2-8-12-9-4-6-10-5-3-7-11-10/h10-11H,2-9H2,1H3. The summed E-state index contributed by atoms with van der Waals surface area (Å²) in [5.41, 5.74) is 0. The molecular formula is C10H21NS. The third-order valence-electron chi connectivity index (χ3n) is 2.35. The monoisotopic (exact) mass is 187 g/mol. The minimum atomic E-state index is 0.854. The second kappa shape index (κ2) is 6.79. The molecule has 0 aromatic heterocycles. The van der Waals surface area contributed by atoms with E-state index in [4.69, 9.17) is 0 Å². The number of hydrogen-bond acceptors (Lipinski definition) is 2. The molecule has 1 aliphatic rings. The van der Waals surface area contributed by atoms with Crippen LogP contribution < -0.4 is 5.32 Å². The summed E-state index contributed by atoms with van der Waals surface area (Å²) in [5, 5.41) is 3.54. The first-order chi connectivity index (χ1) is 5.93. The van der Waals surface area contributed by atoms with Crippen LogP contribution in [-0.2, 0) is 0 Å². The number of hydrogen-bond donors (Lipinski definition) is 1. The average Bonchev–Trinajstić information content (AvgIpc) is 2.57. The highest BCUT2D eigenvalue weighted by Crippen LogP contribution is 2.13. The van der Waals surface area contributed by atoms with Crippen molar-refractivity contribution in [3.05, 3.63) is 0 Å². The summed E-state index contributed by atoms with van der Waals surface area (Å²) in [5.74, 6) is 2.71. The Morgan fingerprint density at radius 3 is 3.00 bits per heavy atom. The molecule has 0 bridgehead atoms. The maximum atomic E-state index is 3.54. The molecule has 1 saturated heterocycles. The van der Waals surface area contributed by atoms with E-state index in [1.54, 1.807) is 0 Å². The molecule has 0 aromatic carbocycles. The fourth-order valence-corrected chi connectivity index (χ4v) is 2.54. The van der Waals surface area contributed by atoms with Crippen LogP contribution >= 0.6 is 11.8 Å². The molecule has 72 valence electrons. The van der Waals surface area contributed by atoms with Crippen LogP contribution in [-0.4, -0.2) is 24.1 Å². The molecule has 12 heavy (non-hydrogen) atoms. The lowest BCUT2D eigenvalue weighted by atomic mass is 10.1. The Morgan fingerprint density at radius 2 is 2.33 bits per heavy atom. The molecule has 1 unspecified atom stereocenters. The van der Waals surface area contributed by atoms with Gasteiger partial charge in [-0.3, -0.25) is 0 Å². The van der Waals surface area contributed by atoms with Crippen LogP contribution in [0.4, 0.5) is 0 Å². The van der Waals surface area contributed by atoms with E-state index in [2.05, 4.69) is 24.0 Å². The molecule has 1 nitrogen and oxygen atoms in total. The Hall–Kier alpha value is 0.310. The summed E-state index contributed by atoms with van der Waals surface area (Å²) in [4.78, 5) is 0. The lowest BCUT2D eigenvalue weighted by molar-refractivity contribution is 0.553. The molecule has 0 aliphatic carbocycles. The molecule has 1 fully saturated rings. The summed E-state index contributed by atoms with van der Waals surface area (Å²) in [6.45, 7) is 3.51. The van der Waals surface area contributed by atoms with Gasteiger partial charge in [0.15, 0.2) is 0 Å². The lowest BCUT2D eigenvalue weighted by Gasteiger charge is -2.08. The van der Waals surface area contributed by atoms with Gasteiger partial charge in [0, 0.05) is 6.04 Å². The molecule has 0 aromatic rings. The van der Waals surface area contributed by atoms with Crippen molar-refractivity contribution < 1.29 is 0 Å². The van der Waals surface area contributed by atoms with Crippen molar-refractivity contribution >= 4 is 11.8 Å². The molecule has 1 rings (SSSR count). The fourth-order valence-electron chi connectivity index (χ4n) is 1.68. The van der Waals surface area contributed by atoms with Gasteiger partial charge in [-0.1, -0.05) is 6.92 Å². The van der Waals surface area contributed by atoms with E-state index in [0.29, 0.717) is 0 Å².